The van der Waals surface area contributed by atoms with Crippen LogP contribution in [0.1, 0.15) is 0 Å². The molecule has 0 bridgehead atoms. The molecule has 0 radical (unpaired) electrons. The van der Waals surface area contributed by atoms with E-state index < -0.39 is 0 Å². The van der Waals surface area contributed by atoms with Crippen molar-refractivity contribution in [3.8, 4) is 0 Å². The quantitative estimate of drug-likeness (QED) is 0.528. The first kappa shape index (κ1) is 5.70. The zero-order chi connectivity index (χ0) is 6.81. The first-order valence-electron chi connectivity index (χ1n) is 3.38. The molecule has 4 heteroatoms. The van der Waals surface area contributed by atoms with E-state index in [1.165, 1.54) is 0 Å². The van der Waals surface area contributed by atoms with Gasteiger partial charge in [-0.3, -0.25) is 9.98 Å². The Morgan fingerprint density at radius 3 is 3.30 bits per heavy atom. The van der Waals surface area contributed by atoms with E-state index in [2.05, 4.69) is 15.3 Å². The van der Waals surface area contributed by atoms with Gasteiger partial charge in [-0.1, -0.05) is 0 Å². The van der Waals surface area contributed by atoms with Crippen LogP contribution in [-0.2, 0) is 4.74 Å². The Hall–Kier alpha value is -1.06. The van der Waals surface area contributed by atoms with Gasteiger partial charge < -0.3 is 10.1 Å². The van der Waals surface area contributed by atoms with Crippen LogP contribution >= 0.6 is 0 Å². The van der Waals surface area contributed by atoms with Gasteiger partial charge in [-0.2, -0.15) is 0 Å². The van der Waals surface area contributed by atoms with E-state index in [1.54, 1.807) is 6.34 Å². The number of ether oxygens (including phenoxy) is 1. The maximum atomic E-state index is 5.24. The van der Waals surface area contributed by atoms with E-state index in [-0.39, 0.29) is 6.04 Å². The normalized spacial score (nSPS) is 29.6. The predicted molar refractivity (Wildman–Crippen MR) is 38.5 cm³/mol. The van der Waals surface area contributed by atoms with Crippen molar-refractivity contribution in [1.29, 1.82) is 0 Å². The molecular formula is C6H9N3O. The predicted octanol–water partition coefficient (Wildman–Crippen LogP) is -0.585. The van der Waals surface area contributed by atoms with Gasteiger partial charge in [-0.05, 0) is 0 Å². The Morgan fingerprint density at radius 1 is 1.70 bits per heavy atom. The van der Waals surface area contributed by atoms with Crippen LogP contribution in [0.2, 0.25) is 0 Å². The second kappa shape index (κ2) is 2.28. The maximum Gasteiger partial charge on any atom is 0.208 e. The average molecular weight is 139 g/mol. The molecule has 0 amide bonds. The van der Waals surface area contributed by atoms with E-state index in [1.807, 2.05) is 0 Å². The first-order chi connectivity index (χ1) is 4.97. The summed E-state index contributed by atoms with van der Waals surface area (Å²) in [5.41, 5.74) is 0. The highest BCUT2D eigenvalue weighted by Gasteiger charge is 2.21. The van der Waals surface area contributed by atoms with Gasteiger partial charge in [-0.25, -0.2) is 0 Å². The highest BCUT2D eigenvalue weighted by atomic mass is 16.5. The van der Waals surface area contributed by atoms with Crippen LogP contribution in [0.4, 0.5) is 0 Å². The van der Waals surface area contributed by atoms with E-state index in [0.717, 1.165) is 25.6 Å². The van der Waals surface area contributed by atoms with Gasteiger partial charge in [0, 0.05) is 0 Å². The van der Waals surface area contributed by atoms with Crippen molar-refractivity contribution in [2.24, 2.45) is 9.98 Å². The number of nitrogens with zero attached hydrogens (tertiary/aromatic N) is 2. The molecule has 2 rings (SSSR count). The highest BCUT2D eigenvalue weighted by Crippen LogP contribution is 2.01. The van der Waals surface area contributed by atoms with Crippen molar-refractivity contribution < 1.29 is 4.74 Å². The summed E-state index contributed by atoms with van der Waals surface area (Å²) in [7, 11) is 0. The molecular weight excluding hydrogens is 130 g/mol. The Morgan fingerprint density at radius 2 is 2.70 bits per heavy atom. The maximum absolute atomic E-state index is 5.24. The molecule has 54 valence electrons. The topological polar surface area (TPSA) is 46.0 Å². The summed E-state index contributed by atoms with van der Waals surface area (Å²) >= 11 is 0. The Kier molecular flexibility index (Phi) is 1.30. The summed E-state index contributed by atoms with van der Waals surface area (Å²) < 4.78 is 5.24. The van der Waals surface area contributed by atoms with Crippen LogP contribution in [-0.4, -0.2) is 38.0 Å². The molecule has 0 saturated carbocycles. The standard InChI is InChI=1S/C6H9N3O/c1-2-10-6(8-1)5-3-7-4-9-5/h4-5H,1-3H2,(H,7,9). The zero-order valence-electron chi connectivity index (χ0n) is 5.58. The minimum atomic E-state index is 0.211. The molecule has 1 N–H and O–H groups in total. The fourth-order valence-corrected chi connectivity index (χ4v) is 1.07. The minimum Gasteiger partial charge on any atom is -0.477 e. The van der Waals surface area contributed by atoms with Gasteiger partial charge in [0.1, 0.15) is 12.6 Å². The van der Waals surface area contributed by atoms with Crippen LogP contribution in [0.5, 0.6) is 0 Å². The molecule has 0 saturated heterocycles. The van der Waals surface area contributed by atoms with Crippen LogP contribution in [0.15, 0.2) is 9.98 Å². The zero-order valence-corrected chi connectivity index (χ0v) is 5.58. The fourth-order valence-electron chi connectivity index (χ4n) is 1.07. The lowest BCUT2D eigenvalue weighted by atomic mass is 10.3. The van der Waals surface area contributed by atoms with Crippen LogP contribution in [0.25, 0.3) is 0 Å². The Balaban J connectivity index is 1.99. The fraction of sp³-hybridized carbons (Fsp3) is 0.667. The summed E-state index contributed by atoms with van der Waals surface area (Å²) in [6, 6.07) is 0.211. The molecule has 0 fully saturated rings. The molecule has 0 aromatic heterocycles. The van der Waals surface area contributed by atoms with Gasteiger partial charge in [0.15, 0.2) is 0 Å². The van der Waals surface area contributed by atoms with Crippen LogP contribution in [0, 0.1) is 0 Å². The number of nitrogens with one attached hydrogen (secondary N) is 1. The molecule has 0 aromatic rings. The third-order valence-corrected chi connectivity index (χ3v) is 1.56. The minimum absolute atomic E-state index is 0.211. The van der Waals surface area contributed by atoms with Crippen LogP contribution < -0.4 is 5.32 Å². The van der Waals surface area contributed by atoms with E-state index in [4.69, 9.17) is 4.74 Å². The highest BCUT2D eigenvalue weighted by molar-refractivity contribution is 5.86. The monoisotopic (exact) mass is 139 g/mol. The molecule has 1 atom stereocenters. The summed E-state index contributed by atoms with van der Waals surface area (Å²) in [4.78, 5) is 8.18. The van der Waals surface area contributed by atoms with E-state index >= 15 is 0 Å². The molecule has 10 heavy (non-hydrogen) atoms. The molecule has 2 heterocycles. The SMILES string of the molecule is C1=NCC(C2=NCCO2)N1. The molecule has 0 spiro atoms. The lowest BCUT2D eigenvalue weighted by Crippen LogP contribution is -2.33. The van der Waals surface area contributed by atoms with Crippen molar-refractivity contribution in [3.63, 3.8) is 0 Å². The van der Waals surface area contributed by atoms with Gasteiger partial charge in [0.25, 0.3) is 0 Å². The largest absolute Gasteiger partial charge is 0.477 e. The molecule has 0 aliphatic carbocycles. The lowest BCUT2D eigenvalue weighted by Gasteiger charge is -2.07. The molecule has 0 aromatic carbocycles. The second-order valence-electron chi connectivity index (χ2n) is 2.28. The molecule has 1 unspecified atom stereocenters. The van der Waals surface area contributed by atoms with E-state index in [0.29, 0.717) is 0 Å². The molecule has 4 nitrogen and oxygen atoms in total. The smallest absolute Gasteiger partial charge is 0.208 e. The number of hydrogen-bond acceptors (Lipinski definition) is 4. The van der Waals surface area contributed by atoms with Gasteiger partial charge >= 0.3 is 0 Å². The molecule has 2 aliphatic rings. The average Bonchev–Trinajstić information content (AvgIpc) is 2.59. The number of rotatable bonds is 1. The third-order valence-electron chi connectivity index (χ3n) is 1.56. The van der Waals surface area contributed by atoms with Crippen molar-refractivity contribution >= 4 is 12.2 Å². The summed E-state index contributed by atoms with van der Waals surface area (Å²) in [5, 5.41) is 3.05. The summed E-state index contributed by atoms with van der Waals surface area (Å²) in [5.74, 6) is 0.817. The lowest BCUT2D eigenvalue weighted by molar-refractivity contribution is 0.332. The first-order valence-corrected chi connectivity index (χ1v) is 3.38. The second-order valence-corrected chi connectivity index (χ2v) is 2.28. The van der Waals surface area contributed by atoms with Gasteiger partial charge in [0.05, 0.1) is 19.4 Å². The van der Waals surface area contributed by atoms with E-state index in [9.17, 15) is 0 Å². The number of hydrogen-bond donors (Lipinski definition) is 1. The molecule has 2 aliphatic heterocycles. The third kappa shape index (κ3) is 0.853. The van der Waals surface area contributed by atoms with Crippen molar-refractivity contribution in [2.45, 2.75) is 6.04 Å². The van der Waals surface area contributed by atoms with Crippen LogP contribution in [0.3, 0.4) is 0 Å². The van der Waals surface area contributed by atoms with Gasteiger partial charge in [0.2, 0.25) is 5.90 Å². The summed E-state index contributed by atoms with van der Waals surface area (Å²) in [6.07, 6.45) is 1.70. The Labute approximate surface area is 59.0 Å². The van der Waals surface area contributed by atoms with Gasteiger partial charge in [-0.15, -0.1) is 0 Å². The summed E-state index contributed by atoms with van der Waals surface area (Å²) in [6.45, 7) is 2.29. The van der Waals surface area contributed by atoms with Crippen molar-refractivity contribution in [3.05, 3.63) is 0 Å². The Bertz CT molecular complexity index is 179. The van der Waals surface area contributed by atoms with Crippen molar-refractivity contribution in [2.75, 3.05) is 19.7 Å². The number of aliphatic imine (C=N–C) groups is 2. The van der Waals surface area contributed by atoms with Crippen molar-refractivity contribution in [1.82, 2.24) is 5.32 Å².